The molecule has 2 amide bonds. The van der Waals surface area contributed by atoms with Gasteiger partial charge in [-0.15, -0.1) is 0 Å². The lowest BCUT2D eigenvalue weighted by Gasteiger charge is -2.41. The monoisotopic (exact) mass is 295 g/mol. The molecule has 0 bridgehead atoms. The van der Waals surface area contributed by atoms with Crippen LogP contribution in [-0.4, -0.2) is 29.2 Å². The molecule has 2 saturated carbocycles. The lowest BCUT2D eigenvalue weighted by molar-refractivity contribution is -0.144. The van der Waals surface area contributed by atoms with Gasteiger partial charge in [0.05, 0.1) is 6.04 Å². The fourth-order valence-electron chi connectivity index (χ4n) is 3.56. The molecule has 0 saturated heterocycles. The number of nitrogens with two attached hydrogens (primary N) is 2. The normalized spacial score (nSPS) is 23.9. The van der Waals surface area contributed by atoms with Crippen LogP contribution in [-0.2, 0) is 14.4 Å². The van der Waals surface area contributed by atoms with E-state index in [4.69, 9.17) is 11.5 Å². The van der Waals surface area contributed by atoms with Crippen LogP contribution in [0, 0.1) is 5.41 Å². The Kier molecular flexibility index (Phi) is 4.37. The molecule has 2 aliphatic rings. The number of hydrogen-bond donors (Lipinski definition) is 3. The van der Waals surface area contributed by atoms with Crippen molar-refractivity contribution in [1.82, 2.24) is 5.32 Å². The summed E-state index contributed by atoms with van der Waals surface area (Å²) >= 11 is 0. The van der Waals surface area contributed by atoms with Crippen molar-refractivity contribution in [2.45, 2.75) is 69.9 Å². The van der Waals surface area contributed by atoms with Crippen molar-refractivity contribution in [2.24, 2.45) is 16.9 Å². The first-order valence-corrected chi connectivity index (χ1v) is 7.70. The number of carbonyl (C=O) groups is 3. The predicted molar refractivity (Wildman–Crippen MR) is 78.1 cm³/mol. The third-order valence-corrected chi connectivity index (χ3v) is 5.09. The number of rotatable bonds is 6. The third-order valence-electron chi connectivity index (χ3n) is 5.09. The molecule has 0 aliphatic heterocycles. The zero-order valence-electron chi connectivity index (χ0n) is 12.6. The van der Waals surface area contributed by atoms with E-state index in [1.165, 1.54) is 12.8 Å². The average molecular weight is 295 g/mol. The topological polar surface area (TPSA) is 115 Å². The maximum atomic E-state index is 12.3. The number of nitrogens with one attached hydrogen (secondary N) is 1. The summed E-state index contributed by atoms with van der Waals surface area (Å²) < 4.78 is 0. The molecule has 0 aromatic carbocycles. The summed E-state index contributed by atoms with van der Waals surface area (Å²) in [6.45, 7) is 2.15. The van der Waals surface area contributed by atoms with Crippen molar-refractivity contribution < 1.29 is 14.4 Å². The predicted octanol–water partition coefficient (Wildman–Crippen LogP) is 0.377. The first kappa shape index (κ1) is 15.9. The van der Waals surface area contributed by atoms with Crippen LogP contribution in [0.25, 0.3) is 0 Å². The molecule has 0 aromatic heterocycles. The van der Waals surface area contributed by atoms with Crippen LogP contribution < -0.4 is 16.8 Å². The minimum absolute atomic E-state index is 0.108. The third kappa shape index (κ3) is 3.26. The molecule has 118 valence electrons. The molecule has 2 aliphatic carbocycles. The Labute approximate surface area is 125 Å². The van der Waals surface area contributed by atoms with Gasteiger partial charge < -0.3 is 16.8 Å². The van der Waals surface area contributed by atoms with Crippen LogP contribution in [0.2, 0.25) is 0 Å². The Morgan fingerprint density at radius 2 is 1.67 bits per heavy atom. The molecule has 0 radical (unpaired) electrons. The van der Waals surface area contributed by atoms with Crippen LogP contribution in [0.3, 0.4) is 0 Å². The standard InChI is InChI=1S/C15H25N3O3/c1-14(5-2-3-6-14)9-10(16)13(21)18-15(7-4-8-15)11(19)12(17)20/h10H,2-9,16H2,1H3,(H2,17,20)(H,18,21)/t10-/m0/s1. The highest BCUT2D eigenvalue weighted by molar-refractivity contribution is 6.39. The second kappa shape index (κ2) is 5.75. The van der Waals surface area contributed by atoms with Crippen LogP contribution in [0.1, 0.15) is 58.3 Å². The SMILES string of the molecule is CC1(C[C@H](N)C(=O)NC2(C(=O)C(N)=O)CCC2)CCCC1. The van der Waals surface area contributed by atoms with Crippen molar-refractivity contribution in [2.75, 3.05) is 0 Å². The van der Waals surface area contributed by atoms with E-state index in [9.17, 15) is 14.4 Å². The Hall–Kier alpha value is -1.43. The molecule has 0 heterocycles. The van der Waals surface area contributed by atoms with Crippen LogP contribution in [0.15, 0.2) is 0 Å². The zero-order chi connectivity index (χ0) is 15.7. The van der Waals surface area contributed by atoms with E-state index in [0.29, 0.717) is 19.3 Å². The lowest BCUT2D eigenvalue weighted by atomic mass is 9.73. The quantitative estimate of drug-likeness (QED) is 0.614. The van der Waals surface area contributed by atoms with Gasteiger partial charge in [-0.1, -0.05) is 19.8 Å². The summed E-state index contributed by atoms with van der Waals surface area (Å²) in [5, 5.41) is 2.69. The molecule has 21 heavy (non-hydrogen) atoms. The number of amides is 2. The summed E-state index contributed by atoms with van der Waals surface area (Å²) in [5.41, 5.74) is 10.1. The van der Waals surface area contributed by atoms with Crippen molar-refractivity contribution in [3.63, 3.8) is 0 Å². The highest BCUT2D eigenvalue weighted by Gasteiger charge is 2.48. The van der Waals surface area contributed by atoms with E-state index in [1.807, 2.05) is 0 Å². The van der Waals surface area contributed by atoms with Gasteiger partial charge in [-0.3, -0.25) is 14.4 Å². The van der Waals surface area contributed by atoms with Crippen molar-refractivity contribution in [3.05, 3.63) is 0 Å². The first-order chi connectivity index (χ1) is 9.78. The summed E-state index contributed by atoms with van der Waals surface area (Å²) in [5.74, 6) is -2.05. The number of ketones is 1. The maximum Gasteiger partial charge on any atom is 0.287 e. The number of Topliss-reactive ketones (excluding diaryl/α,β-unsaturated/α-hetero) is 1. The molecule has 0 unspecified atom stereocenters. The van der Waals surface area contributed by atoms with Gasteiger partial charge in [0.15, 0.2) is 0 Å². The van der Waals surface area contributed by atoms with E-state index in [0.717, 1.165) is 19.3 Å². The van der Waals surface area contributed by atoms with Gasteiger partial charge in [0, 0.05) is 0 Å². The highest BCUT2D eigenvalue weighted by atomic mass is 16.2. The molecule has 1 atom stereocenters. The van der Waals surface area contributed by atoms with Crippen molar-refractivity contribution in [1.29, 1.82) is 0 Å². The van der Waals surface area contributed by atoms with Crippen LogP contribution in [0.4, 0.5) is 0 Å². The Bertz CT molecular complexity index is 451. The summed E-state index contributed by atoms with van der Waals surface area (Å²) in [6, 6.07) is -0.647. The van der Waals surface area contributed by atoms with Crippen molar-refractivity contribution in [3.8, 4) is 0 Å². The molecular weight excluding hydrogens is 270 g/mol. The lowest BCUT2D eigenvalue weighted by Crippen LogP contribution is -2.64. The summed E-state index contributed by atoms with van der Waals surface area (Å²) in [7, 11) is 0. The molecule has 0 aromatic rings. The van der Waals surface area contributed by atoms with Gasteiger partial charge in [-0.05, 0) is 43.9 Å². The summed E-state index contributed by atoms with van der Waals surface area (Å²) in [6.07, 6.45) is 6.85. The highest BCUT2D eigenvalue weighted by Crippen LogP contribution is 2.41. The minimum Gasteiger partial charge on any atom is -0.363 e. The fourth-order valence-corrected chi connectivity index (χ4v) is 3.56. The second-order valence-corrected chi connectivity index (χ2v) is 6.95. The number of carbonyl (C=O) groups excluding carboxylic acids is 3. The van der Waals surface area contributed by atoms with Crippen LogP contribution in [0.5, 0.6) is 0 Å². The van der Waals surface area contributed by atoms with E-state index in [1.54, 1.807) is 0 Å². The Morgan fingerprint density at radius 3 is 2.10 bits per heavy atom. The average Bonchev–Trinajstić information content (AvgIpc) is 2.79. The number of primary amides is 1. The Balaban J connectivity index is 1.96. The molecule has 0 spiro atoms. The molecule has 5 N–H and O–H groups in total. The van der Waals surface area contributed by atoms with E-state index in [2.05, 4.69) is 12.2 Å². The molecule has 6 heteroatoms. The van der Waals surface area contributed by atoms with Gasteiger partial charge in [0.2, 0.25) is 11.7 Å². The van der Waals surface area contributed by atoms with Gasteiger partial charge >= 0.3 is 0 Å². The van der Waals surface area contributed by atoms with Crippen LogP contribution >= 0.6 is 0 Å². The molecule has 2 fully saturated rings. The summed E-state index contributed by atoms with van der Waals surface area (Å²) in [4.78, 5) is 35.3. The van der Waals surface area contributed by atoms with E-state index in [-0.39, 0.29) is 11.3 Å². The van der Waals surface area contributed by atoms with E-state index < -0.39 is 23.3 Å². The van der Waals surface area contributed by atoms with E-state index >= 15 is 0 Å². The van der Waals surface area contributed by atoms with Gasteiger partial charge in [-0.25, -0.2) is 0 Å². The smallest absolute Gasteiger partial charge is 0.287 e. The maximum absolute atomic E-state index is 12.3. The fraction of sp³-hybridized carbons (Fsp3) is 0.800. The second-order valence-electron chi connectivity index (χ2n) is 6.95. The van der Waals surface area contributed by atoms with Gasteiger partial charge in [-0.2, -0.15) is 0 Å². The largest absolute Gasteiger partial charge is 0.363 e. The van der Waals surface area contributed by atoms with Crippen molar-refractivity contribution >= 4 is 17.6 Å². The molecule has 2 rings (SSSR count). The molecular formula is C15H25N3O3. The number of hydrogen-bond acceptors (Lipinski definition) is 4. The minimum atomic E-state index is -1.10. The molecule has 6 nitrogen and oxygen atoms in total. The van der Waals surface area contributed by atoms with Gasteiger partial charge in [0.1, 0.15) is 5.54 Å². The first-order valence-electron chi connectivity index (χ1n) is 7.70. The zero-order valence-corrected chi connectivity index (χ0v) is 12.6. The Morgan fingerprint density at radius 1 is 1.10 bits per heavy atom. The van der Waals surface area contributed by atoms with Gasteiger partial charge in [0.25, 0.3) is 5.91 Å².